The second kappa shape index (κ2) is 4.09. The lowest BCUT2D eigenvalue weighted by atomic mass is 10.1. The van der Waals surface area contributed by atoms with Gasteiger partial charge in [-0.2, -0.15) is 0 Å². The first-order valence-electron chi connectivity index (χ1n) is 4.52. The van der Waals surface area contributed by atoms with Crippen molar-refractivity contribution >= 4 is 39.1 Å². The number of nitrogens with one attached hydrogen (secondary N) is 1. The van der Waals surface area contributed by atoms with E-state index in [-0.39, 0.29) is 5.91 Å². The molecular weight excluding hydrogens is 274 g/mol. The highest BCUT2D eigenvalue weighted by Gasteiger charge is 2.25. The van der Waals surface area contributed by atoms with Gasteiger partial charge in [-0.25, -0.2) is 4.79 Å². The second-order valence-corrected chi connectivity index (χ2v) is 4.14. The zero-order chi connectivity index (χ0) is 11.7. The first kappa shape index (κ1) is 10.9. The van der Waals surface area contributed by atoms with E-state index in [0.717, 1.165) is 4.47 Å². The van der Waals surface area contributed by atoms with Gasteiger partial charge in [-0.1, -0.05) is 15.9 Å². The Morgan fingerprint density at radius 3 is 2.94 bits per heavy atom. The molecule has 2 rings (SSSR count). The van der Waals surface area contributed by atoms with Gasteiger partial charge >= 0.3 is 5.97 Å². The largest absolute Gasteiger partial charge is 0.466 e. The molecule has 4 nitrogen and oxygen atoms in total. The van der Waals surface area contributed by atoms with Crippen LogP contribution in [0.2, 0.25) is 0 Å². The fourth-order valence-electron chi connectivity index (χ4n) is 1.48. The number of amides is 1. The third-order valence-electron chi connectivity index (χ3n) is 2.23. The monoisotopic (exact) mass is 281 g/mol. The van der Waals surface area contributed by atoms with E-state index in [0.29, 0.717) is 16.8 Å². The van der Waals surface area contributed by atoms with Crippen LogP contribution in [0.3, 0.4) is 0 Å². The number of halogens is 1. The molecule has 0 radical (unpaired) electrons. The van der Waals surface area contributed by atoms with E-state index in [1.807, 2.05) is 6.07 Å². The van der Waals surface area contributed by atoms with Crippen molar-refractivity contribution in [2.24, 2.45) is 0 Å². The van der Waals surface area contributed by atoms with Crippen LogP contribution in [-0.2, 0) is 14.3 Å². The number of benzene rings is 1. The fourth-order valence-corrected chi connectivity index (χ4v) is 1.84. The highest BCUT2D eigenvalue weighted by molar-refractivity contribution is 9.10. The molecule has 5 heteroatoms. The topological polar surface area (TPSA) is 55.4 Å². The molecule has 1 aliphatic rings. The van der Waals surface area contributed by atoms with E-state index in [2.05, 4.69) is 26.0 Å². The van der Waals surface area contributed by atoms with Crippen molar-refractivity contribution in [3.05, 3.63) is 34.3 Å². The minimum atomic E-state index is -0.544. The Morgan fingerprint density at radius 1 is 1.50 bits per heavy atom. The SMILES string of the molecule is COC(=O)/C=C1/C(=O)Nc2ccc(Br)cc21. The quantitative estimate of drug-likeness (QED) is 0.632. The molecule has 1 heterocycles. The van der Waals surface area contributed by atoms with Gasteiger partial charge in [-0.15, -0.1) is 0 Å². The van der Waals surface area contributed by atoms with Crippen molar-refractivity contribution in [3.8, 4) is 0 Å². The molecule has 0 spiro atoms. The number of hydrogen-bond donors (Lipinski definition) is 1. The Kier molecular flexibility index (Phi) is 2.78. The van der Waals surface area contributed by atoms with Crippen molar-refractivity contribution in [1.29, 1.82) is 0 Å². The third-order valence-corrected chi connectivity index (χ3v) is 2.72. The van der Waals surface area contributed by atoms with Gasteiger partial charge in [0.25, 0.3) is 5.91 Å². The van der Waals surface area contributed by atoms with Crippen molar-refractivity contribution in [2.75, 3.05) is 12.4 Å². The van der Waals surface area contributed by atoms with Crippen LogP contribution in [0.4, 0.5) is 5.69 Å². The van der Waals surface area contributed by atoms with E-state index in [1.54, 1.807) is 12.1 Å². The first-order valence-corrected chi connectivity index (χ1v) is 5.32. The van der Waals surface area contributed by atoms with Gasteiger partial charge in [0.15, 0.2) is 0 Å². The standard InChI is InChI=1S/C11H8BrNO3/c1-16-10(14)5-8-7-4-6(12)2-3-9(7)13-11(8)15/h2-5H,1H3,(H,13,15)/b8-5+. The Bertz CT molecular complexity index is 508. The summed E-state index contributed by atoms with van der Waals surface area (Å²) in [5, 5.41) is 2.67. The molecule has 0 aromatic heterocycles. The van der Waals surface area contributed by atoms with Crippen LogP contribution in [0.15, 0.2) is 28.7 Å². The summed E-state index contributed by atoms with van der Waals surface area (Å²) in [7, 11) is 1.27. The van der Waals surface area contributed by atoms with Gasteiger partial charge in [-0.3, -0.25) is 4.79 Å². The number of methoxy groups -OCH3 is 1. The van der Waals surface area contributed by atoms with Crippen LogP contribution >= 0.6 is 15.9 Å². The van der Waals surface area contributed by atoms with Crippen molar-refractivity contribution in [2.45, 2.75) is 0 Å². The van der Waals surface area contributed by atoms with Gasteiger partial charge in [0, 0.05) is 21.8 Å². The molecule has 1 aromatic carbocycles. The number of carbonyl (C=O) groups excluding carboxylic acids is 2. The number of ether oxygens (including phenoxy) is 1. The van der Waals surface area contributed by atoms with Gasteiger partial charge in [0.2, 0.25) is 0 Å². The van der Waals surface area contributed by atoms with E-state index >= 15 is 0 Å². The van der Waals surface area contributed by atoms with Gasteiger partial charge in [0.1, 0.15) is 0 Å². The number of rotatable bonds is 1. The number of anilines is 1. The second-order valence-electron chi connectivity index (χ2n) is 3.23. The van der Waals surface area contributed by atoms with Crippen LogP contribution in [0.5, 0.6) is 0 Å². The summed E-state index contributed by atoms with van der Waals surface area (Å²) in [5.41, 5.74) is 1.72. The predicted octanol–water partition coefficient (Wildman–Crippen LogP) is 1.96. The molecular formula is C11H8BrNO3. The lowest BCUT2D eigenvalue weighted by molar-refractivity contribution is -0.134. The Morgan fingerprint density at radius 2 is 2.25 bits per heavy atom. The van der Waals surface area contributed by atoms with Gasteiger partial charge in [0.05, 0.1) is 12.7 Å². The number of carbonyl (C=O) groups is 2. The maximum atomic E-state index is 11.6. The van der Waals surface area contributed by atoms with Crippen molar-refractivity contribution < 1.29 is 14.3 Å². The molecule has 82 valence electrons. The molecule has 0 atom stereocenters. The van der Waals surface area contributed by atoms with Crippen molar-refractivity contribution in [1.82, 2.24) is 0 Å². The molecule has 0 bridgehead atoms. The third kappa shape index (κ3) is 1.86. The van der Waals surface area contributed by atoms with Crippen LogP contribution in [0.25, 0.3) is 5.57 Å². The van der Waals surface area contributed by atoms with Crippen LogP contribution in [0.1, 0.15) is 5.56 Å². The first-order chi connectivity index (χ1) is 7.61. The number of esters is 1. The highest BCUT2D eigenvalue weighted by Crippen LogP contribution is 2.33. The van der Waals surface area contributed by atoms with E-state index in [1.165, 1.54) is 13.2 Å². The molecule has 0 unspecified atom stereocenters. The number of fused-ring (bicyclic) bond motifs is 1. The summed E-state index contributed by atoms with van der Waals surface area (Å²) >= 11 is 3.31. The van der Waals surface area contributed by atoms with E-state index in [4.69, 9.17) is 0 Å². The highest BCUT2D eigenvalue weighted by atomic mass is 79.9. The average molecular weight is 282 g/mol. The summed E-state index contributed by atoms with van der Waals surface area (Å²) in [6.45, 7) is 0. The van der Waals surface area contributed by atoms with Crippen LogP contribution < -0.4 is 5.32 Å². The normalized spacial score (nSPS) is 15.9. The van der Waals surface area contributed by atoms with E-state index < -0.39 is 5.97 Å². The molecule has 16 heavy (non-hydrogen) atoms. The molecule has 1 N–H and O–H groups in total. The summed E-state index contributed by atoms with van der Waals surface area (Å²) in [5.74, 6) is -0.837. The zero-order valence-corrected chi connectivity index (χ0v) is 10.00. The molecule has 0 saturated heterocycles. The lowest BCUT2D eigenvalue weighted by Gasteiger charge is -1.98. The minimum Gasteiger partial charge on any atom is -0.466 e. The summed E-state index contributed by atoms with van der Waals surface area (Å²) in [6.07, 6.45) is 1.19. The van der Waals surface area contributed by atoms with Crippen molar-refractivity contribution in [3.63, 3.8) is 0 Å². The Labute approximate surface area is 100 Å². The molecule has 1 aliphatic heterocycles. The van der Waals surface area contributed by atoms with Gasteiger partial charge < -0.3 is 10.1 Å². The maximum Gasteiger partial charge on any atom is 0.331 e. The van der Waals surface area contributed by atoms with Gasteiger partial charge in [-0.05, 0) is 18.2 Å². The molecule has 1 aromatic rings. The van der Waals surface area contributed by atoms with Crippen LogP contribution in [0, 0.1) is 0 Å². The maximum absolute atomic E-state index is 11.6. The zero-order valence-electron chi connectivity index (χ0n) is 8.41. The molecule has 0 aliphatic carbocycles. The summed E-state index contributed by atoms with van der Waals surface area (Å²) < 4.78 is 5.34. The molecule has 0 saturated carbocycles. The fraction of sp³-hybridized carbons (Fsp3) is 0.0909. The summed E-state index contributed by atoms with van der Waals surface area (Å²) in [6, 6.07) is 5.37. The molecule has 0 fully saturated rings. The average Bonchev–Trinajstić information content (AvgIpc) is 2.55. The minimum absolute atomic E-state index is 0.293. The van der Waals surface area contributed by atoms with Crippen LogP contribution in [-0.4, -0.2) is 19.0 Å². The molecule has 1 amide bonds. The smallest absolute Gasteiger partial charge is 0.331 e. The Balaban J connectivity index is 2.50. The summed E-state index contributed by atoms with van der Waals surface area (Å²) in [4.78, 5) is 22.7. The van der Waals surface area contributed by atoms with E-state index in [9.17, 15) is 9.59 Å². The lowest BCUT2D eigenvalue weighted by Crippen LogP contribution is -2.06. The predicted molar refractivity (Wildman–Crippen MR) is 62.8 cm³/mol. The Hall–Kier alpha value is -1.62. The number of hydrogen-bond acceptors (Lipinski definition) is 3.